The molecule has 2 aromatic carbocycles. The van der Waals surface area contributed by atoms with Crippen molar-refractivity contribution in [2.45, 2.75) is 6.54 Å². The molecule has 2 nitrogen and oxygen atoms in total. The predicted molar refractivity (Wildman–Crippen MR) is 79.6 cm³/mol. The summed E-state index contributed by atoms with van der Waals surface area (Å²) in [6.07, 6.45) is 2.00. The molecule has 0 aliphatic rings. The Morgan fingerprint density at radius 3 is 2.79 bits per heavy atom. The summed E-state index contributed by atoms with van der Waals surface area (Å²) in [5.41, 5.74) is 7.68. The molecule has 0 saturated heterocycles. The molecule has 2 N–H and O–H groups in total. The maximum atomic E-state index is 13.4. The van der Waals surface area contributed by atoms with Crippen LogP contribution in [-0.2, 0) is 6.54 Å². The Kier molecular flexibility index (Phi) is 3.03. The van der Waals surface area contributed by atoms with Crippen molar-refractivity contribution in [3.8, 4) is 0 Å². The Balaban J connectivity index is 2.01. The summed E-state index contributed by atoms with van der Waals surface area (Å²) < 4.78 is 16.6. The molecule has 0 fully saturated rings. The molecule has 0 aliphatic carbocycles. The highest BCUT2D eigenvalue weighted by atomic mass is 79.9. The average Bonchev–Trinajstić information content (AvgIpc) is 2.79. The second kappa shape index (κ2) is 4.70. The third-order valence-electron chi connectivity index (χ3n) is 3.18. The number of rotatable bonds is 2. The highest BCUT2D eigenvalue weighted by Gasteiger charge is 2.05. The van der Waals surface area contributed by atoms with Crippen LogP contribution in [0.3, 0.4) is 0 Å². The van der Waals surface area contributed by atoms with Gasteiger partial charge in [0.2, 0.25) is 0 Å². The largest absolute Gasteiger partial charge is 0.396 e. The van der Waals surface area contributed by atoms with E-state index in [1.807, 2.05) is 36.5 Å². The lowest BCUT2D eigenvalue weighted by Crippen LogP contribution is -1.99. The van der Waals surface area contributed by atoms with Gasteiger partial charge in [-0.15, -0.1) is 0 Å². The zero-order valence-corrected chi connectivity index (χ0v) is 11.7. The van der Waals surface area contributed by atoms with Gasteiger partial charge in [0.15, 0.2) is 0 Å². The van der Waals surface area contributed by atoms with Gasteiger partial charge in [-0.05, 0) is 35.9 Å². The second-order valence-corrected chi connectivity index (χ2v) is 5.33. The first kappa shape index (κ1) is 12.2. The highest BCUT2D eigenvalue weighted by Crippen LogP contribution is 2.25. The average molecular weight is 319 g/mol. The smallest absolute Gasteiger partial charge is 0.146 e. The minimum absolute atomic E-state index is 0.184. The molecule has 0 radical (unpaired) electrons. The minimum Gasteiger partial charge on any atom is -0.396 e. The summed E-state index contributed by atoms with van der Waals surface area (Å²) in [4.78, 5) is 0. The van der Waals surface area contributed by atoms with E-state index in [9.17, 15) is 4.39 Å². The van der Waals surface area contributed by atoms with Crippen molar-refractivity contribution in [3.63, 3.8) is 0 Å². The fraction of sp³-hybridized carbons (Fsp3) is 0.0667. The van der Waals surface area contributed by atoms with Crippen molar-refractivity contribution in [1.29, 1.82) is 0 Å². The molecule has 3 rings (SSSR count). The summed E-state index contributed by atoms with van der Waals surface area (Å²) in [5.74, 6) is -0.366. The number of benzene rings is 2. The van der Waals surface area contributed by atoms with E-state index in [0.717, 1.165) is 20.9 Å². The molecular weight excluding hydrogens is 307 g/mol. The van der Waals surface area contributed by atoms with Crippen LogP contribution in [0.4, 0.5) is 10.1 Å². The third-order valence-corrected chi connectivity index (χ3v) is 3.87. The topological polar surface area (TPSA) is 30.9 Å². The Bertz CT molecular complexity index is 749. The van der Waals surface area contributed by atoms with Gasteiger partial charge in [0, 0.05) is 28.1 Å². The monoisotopic (exact) mass is 318 g/mol. The summed E-state index contributed by atoms with van der Waals surface area (Å²) in [5, 5.41) is 1.15. The fourth-order valence-corrected chi connectivity index (χ4v) is 2.68. The van der Waals surface area contributed by atoms with Gasteiger partial charge in [0.1, 0.15) is 5.82 Å². The number of nitrogen functional groups attached to an aromatic ring is 1. The molecule has 96 valence electrons. The number of nitrogens with zero attached hydrogens (tertiary/aromatic N) is 1. The molecule has 3 aromatic rings. The van der Waals surface area contributed by atoms with Gasteiger partial charge in [0.25, 0.3) is 0 Å². The van der Waals surface area contributed by atoms with Crippen molar-refractivity contribution in [2.24, 2.45) is 0 Å². The third kappa shape index (κ3) is 2.24. The van der Waals surface area contributed by atoms with Gasteiger partial charge < -0.3 is 10.3 Å². The number of anilines is 1. The van der Waals surface area contributed by atoms with Crippen LogP contribution in [0, 0.1) is 5.82 Å². The lowest BCUT2D eigenvalue weighted by Gasteiger charge is -2.07. The molecule has 0 unspecified atom stereocenters. The minimum atomic E-state index is -0.366. The van der Waals surface area contributed by atoms with E-state index in [0.29, 0.717) is 6.54 Å². The number of hydrogen-bond donors (Lipinski definition) is 1. The summed E-state index contributed by atoms with van der Waals surface area (Å²) in [6, 6.07) is 13.0. The van der Waals surface area contributed by atoms with Crippen molar-refractivity contribution < 1.29 is 4.39 Å². The van der Waals surface area contributed by atoms with Crippen LogP contribution < -0.4 is 5.73 Å². The van der Waals surface area contributed by atoms with Crippen molar-refractivity contribution in [3.05, 3.63) is 64.5 Å². The molecule has 19 heavy (non-hydrogen) atoms. The maximum Gasteiger partial charge on any atom is 0.146 e. The van der Waals surface area contributed by atoms with E-state index in [2.05, 4.69) is 20.5 Å². The van der Waals surface area contributed by atoms with Crippen LogP contribution in [0.1, 0.15) is 5.56 Å². The molecule has 0 saturated carbocycles. The van der Waals surface area contributed by atoms with Gasteiger partial charge in [-0.3, -0.25) is 0 Å². The summed E-state index contributed by atoms with van der Waals surface area (Å²) in [6.45, 7) is 0.622. The molecule has 0 spiro atoms. The van der Waals surface area contributed by atoms with Crippen LogP contribution in [-0.4, -0.2) is 4.57 Å². The van der Waals surface area contributed by atoms with Crippen LogP contribution >= 0.6 is 15.9 Å². The predicted octanol–water partition coefficient (Wildman–Crippen LogP) is 4.17. The Morgan fingerprint density at radius 2 is 2.00 bits per heavy atom. The SMILES string of the molecule is Nc1ccc(Cn2ccc3c(Br)cccc32)cc1F. The molecule has 0 amide bonds. The first-order valence-corrected chi connectivity index (χ1v) is 6.72. The molecule has 1 heterocycles. The Labute approximate surface area is 118 Å². The number of halogens is 2. The van der Waals surface area contributed by atoms with E-state index in [4.69, 9.17) is 5.73 Å². The molecule has 1 aromatic heterocycles. The number of nitrogens with two attached hydrogens (primary N) is 1. The fourth-order valence-electron chi connectivity index (χ4n) is 2.19. The van der Waals surface area contributed by atoms with Gasteiger partial charge >= 0.3 is 0 Å². The van der Waals surface area contributed by atoms with Crippen molar-refractivity contribution >= 4 is 32.5 Å². The van der Waals surface area contributed by atoms with Gasteiger partial charge in [-0.25, -0.2) is 4.39 Å². The van der Waals surface area contributed by atoms with E-state index >= 15 is 0 Å². The van der Waals surface area contributed by atoms with Crippen LogP contribution in [0.15, 0.2) is 53.1 Å². The Hall–Kier alpha value is -1.81. The molecule has 0 bridgehead atoms. The number of hydrogen-bond acceptors (Lipinski definition) is 1. The van der Waals surface area contributed by atoms with E-state index in [-0.39, 0.29) is 11.5 Å². The molecule has 4 heteroatoms. The number of fused-ring (bicyclic) bond motifs is 1. The van der Waals surface area contributed by atoms with E-state index in [1.165, 1.54) is 6.07 Å². The van der Waals surface area contributed by atoms with Crippen LogP contribution in [0.2, 0.25) is 0 Å². The van der Waals surface area contributed by atoms with Gasteiger partial charge in [-0.1, -0.05) is 28.1 Å². The molecular formula is C15H12BrFN2. The van der Waals surface area contributed by atoms with Crippen LogP contribution in [0.5, 0.6) is 0 Å². The van der Waals surface area contributed by atoms with Crippen molar-refractivity contribution in [1.82, 2.24) is 4.57 Å². The first-order valence-electron chi connectivity index (χ1n) is 5.92. The number of aromatic nitrogens is 1. The summed E-state index contributed by atoms with van der Waals surface area (Å²) in [7, 11) is 0. The second-order valence-electron chi connectivity index (χ2n) is 4.47. The molecule has 0 atom stereocenters. The maximum absolute atomic E-state index is 13.4. The lowest BCUT2D eigenvalue weighted by atomic mass is 10.2. The first-order chi connectivity index (χ1) is 9.15. The van der Waals surface area contributed by atoms with Crippen molar-refractivity contribution in [2.75, 3.05) is 5.73 Å². The van der Waals surface area contributed by atoms with Gasteiger partial charge in [-0.2, -0.15) is 0 Å². The standard InChI is InChI=1S/C15H12BrFN2/c16-12-2-1-3-15-11(12)6-7-19(15)9-10-4-5-14(18)13(17)8-10/h1-8H,9,18H2. The van der Waals surface area contributed by atoms with Gasteiger partial charge in [0.05, 0.1) is 5.69 Å². The lowest BCUT2D eigenvalue weighted by molar-refractivity contribution is 0.628. The zero-order chi connectivity index (χ0) is 13.4. The summed E-state index contributed by atoms with van der Waals surface area (Å²) >= 11 is 3.53. The highest BCUT2D eigenvalue weighted by molar-refractivity contribution is 9.10. The Morgan fingerprint density at radius 1 is 1.16 bits per heavy atom. The molecule has 0 aliphatic heterocycles. The zero-order valence-electron chi connectivity index (χ0n) is 10.1. The quantitative estimate of drug-likeness (QED) is 0.706. The van der Waals surface area contributed by atoms with E-state index in [1.54, 1.807) is 6.07 Å². The van der Waals surface area contributed by atoms with E-state index < -0.39 is 0 Å². The van der Waals surface area contributed by atoms with Crippen LogP contribution in [0.25, 0.3) is 10.9 Å². The normalized spacial score (nSPS) is 11.1.